The fourth-order valence-corrected chi connectivity index (χ4v) is 1.13. The molecular weight excluding hydrogens is 162 g/mol. The van der Waals surface area contributed by atoms with Gasteiger partial charge in [-0.1, -0.05) is 0 Å². The average molecular weight is 169 g/mol. The molecule has 2 aliphatic heterocycles. The number of aliphatic imine (C=N–C) groups is 1. The minimum atomic E-state index is -1.07. The second kappa shape index (κ2) is 2.60. The normalized spacial score (nSPS) is 26.8. The largest absolute Gasteiger partial charge is 0.480 e. The number of carboxylic acids is 1. The van der Waals surface area contributed by atoms with E-state index in [2.05, 4.69) is 4.99 Å². The third-order valence-corrected chi connectivity index (χ3v) is 1.74. The molecule has 0 spiro atoms. The molecule has 0 aromatic heterocycles. The molecule has 1 atom stereocenters. The molecule has 2 aliphatic rings. The Hall–Kier alpha value is -1.36. The van der Waals surface area contributed by atoms with Crippen molar-refractivity contribution in [1.29, 1.82) is 0 Å². The Balaban J connectivity index is 2.22. The van der Waals surface area contributed by atoms with Gasteiger partial charge in [0.2, 0.25) is 5.76 Å². The molecule has 0 fully saturated rings. The van der Waals surface area contributed by atoms with E-state index in [-0.39, 0.29) is 18.5 Å². The van der Waals surface area contributed by atoms with Crippen LogP contribution >= 0.6 is 0 Å². The van der Waals surface area contributed by atoms with Gasteiger partial charge in [0.05, 0.1) is 5.71 Å². The zero-order valence-corrected chi connectivity index (χ0v) is 6.19. The number of aliphatic carboxylic acids is 1. The highest BCUT2D eigenvalue weighted by molar-refractivity contribution is 5.96. The second-order valence-electron chi connectivity index (χ2n) is 2.49. The Kier molecular flexibility index (Phi) is 1.58. The number of hydrogen-bond acceptors (Lipinski definition) is 4. The van der Waals surface area contributed by atoms with Crippen LogP contribution in [-0.2, 0) is 14.3 Å². The lowest BCUT2D eigenvalue weighted by atomic mass is 10.1. The summed E-state index contributed by atoms with van der Waals surface area (Å²) in [4.78, 5) is 14.4. The van der Waals surface area contributed by atoms with Gasteiger partial charge in [-0.2, -0.15) is 0 Å². The quantitative estimate of drug-likeness (QED) is 0.589. The van der Waals surface area contributed by atoms with Crippen LogP contribution in [-0.4, -0.2) is 36.2 Å². The molecule has 5 heteroatoms. The summed E-state index contributed by atoms with van der Waals surface area (Å²) in [5.41, 5.74) is 0.764. The Labute approximate surface area is 68.3 Å². The first-order valence-electron chi connectivity index (χ1n) is 3.50. The van der Waals surface area contributed by atoms with Crippen LogP contribution in [0.2, 0.25) is 0 Å². The Morgan fingerprint density at radius 3 is 3.33 bits per heavy atom. The molecule has 5 nitrogen and oxygen atoms in total. The first kappa shape index (κ1) is 7.30. The van der Waals surface area contributed by atoms with Crippen molar-refractivity contribution in [2.75, 3.05) is 13.3 Å². The highest BCUT2D eigenvalue weighted by atomic mass is 16.5. The summed E-state index contributed by atoms with van der Waals surface area (Å²) in [7, 11) is 0. The SMILES string of the molecule is O=C(O)C1=CC2OCN=C2CO1. The fourth-order valence-electron chi connectivity index (χ4n) is 1.13. The van der Waals surface area contributed by atoms with Gasteiger partial charge in [-0.3, -0.25) is 4.99 Å². The lowest BCUT2D eigenvalue weighted by molar-refractivity contribution is -0.136. The predicted octanol–water partition coefficient (Wildman–Crippen LogP) is -0.218. The summed E-state index contributed by atoms with van der Waals surface area (Å²) in [6.45, 7) is 0.523. The van der Waals surface area contributed by atoms with Gasteiger partial charge in [-0.15, -0.1) is 0 Å². The molecule has 0 aromatic carbocycles. The maximum atomic E-state index is 10.5. The van der Waals surface area contributed by atoms with Crippen molar-refractivity contribution in [3.8, 4) is 0 Å². The van der Waals surface area contributed by atoms with E-state index in [0.29, 0.717) is 6.73 Å². The minimum Gasteiger partial charge on any atom is -0.480 e. The molecule has 64 valence electrons. The molecule has 2 heterocycles. The number of ether oxygens (including phenoxy) is 2. The van der Waals surface area contributed by atoms with Gasteiger partial charge in [-0.05, 0) is 6.08 Å². The van der Waals surface area contributed by atoms with Gasteiger partial charge in [0.1, 0.15) is 19.4 Å². The van der Waals surface area contributed by atoms with Crippen LogP contribution in [0.25, 0.3) is 0 Å². The smallest absolute Gasteiger partial charge is 0.370 e. The summed E-state index contributed by atoms with van der Waals surface area (Å²) < 4.78 is 10.0. The molecule has 0 bridgehead atoms. The van der Waals surface area contributed by atoms with Gasteiger partial charge < -0.3 is 14.6 Å². The van der Waals surface area contributed by atoms with Gasteiger partial charge in [0.15, 0.2) is 0 Å². The molecule has 12 heavy (non-hydrogen) atoms. The van der Waals surface area contributed by atoms with E-state index >= 15 is 0 Å². The van der Waals surface area contributed by atoms with E-state index in [1.54, 1.807) is 0 Å². The molecule has 0 aliphatic carbocycles. The molecule has 1 N–H and O–H groups in total. The van der Waals surface area contributed by atoms with Gasteiger partial charge in [0.25, 0.3) is 0 Å². The Bertz CT molecular complexity index is 281. The highest BCUT2D eigenvalue weighted by Crippen LogP contribution is 2.16. The van der Waals surface area contributed by atoms with Crippen molar-refractivity contribution in [2.24, 2.45) is 4.99 Å². The summed E-state index contributed by atoms with van der Waals surface area (Å²) in [5, 5.41) is 8.57. The number of hydrogen-bond donors (Lipinski definition) is 1. The monoisotopic (exact) mass is 169 g/mol. The molecule has 1 unspecified atom stereocenters. The van der Waals surface area contributed by atoms with E-state index < -0.39 is 5.97 Å². The van der Waals surface area contributed by atoms with Crippen LogP contribution in [0.4, 0.5) is 0 Å². The third-order valence-electron chi connectivity index (χ3n) is 1.74. The van der Waals surface area contributed by atoms with Crippen molar-refractivity contribution in [3.05, 3.63) is 11.8 Å². The van der Waals surface area contributed by atoms with E-state index in [4.69, 9.17) is 14.6 Å². The zero-order chi connectivity index (χ0) is 8.55. The van der Waals surface area contributed by atoms with Crippen molar-refractivity contribution in [1.82, 2.24) is 0 Å². The highest BCUT2D eigenvalue weighted by Gasteiger charge is 2.28. The van der Waals surface area contributed by atoms with Gasteiger partial charge in [-0.25, -0.2) is 4.79 Å². The molecule has 0 aromatic rings. The van der Waals surface area contributed by atoms with Crippen LogP contribution in [0.3, 0.4) is 0 Å². The molecule has 0 saturated carbocycles. The van der Waals surface area contributed by atoms with Crippen molar-refractivity contribution in [3.63, 3.8) is 0 Å². The lowest BCUT2D eigenvalue weighted by Crippen LogP contribution is -2.28. The van der Waals surface area contributed by atoms with Crippen LogP contribution in [0.1, 0.15) is 0 Å². The summed E-state index contributed by atoms with van der Waals surface area (Å²) >= 11 is 0. The molecular formula is C7H7NO4. The first-order chi connectivity index (χ1) is 5.77. The standard InChI is InChI=1S/C7H7NO4/c9-7(10)6-1-5-4(2-11-6)8-3-12-5/h1,5H,2-3H2,(H,9,10). The number of carboxylic acid groups (broad SMARTS) is 1. The maximum absolute atomic E-state index is 10.5. The molecule has 0 saturated heterocycles. The number of carbonyl (C=O) groups is 1. The van der Waals surface area contributed by atoms with Crippen LogP contribution in [0.15, 0.2) is 16.8 Å². The van der Waals surface area contributed by atoms with Crippen molar-refractivity contribution < 1.29 is 19.4 Å². The van der Waals surface area contributed by atoms with Crippen molar-refractivity contribution in [2.45, 2.75) is 6.10 Å². The summed E-state index contributed by atoms with van der Waals surface area (Å²) in [6, 6.07) is 0. The Morgan fingerprint density at radius 1 is 1.75 bits per heavy atom. The molecule has 0 amide bonds. The number of nitrogens with zero attached hydrogens (tertiary/aromatic N) is 1. The predicted molar refractivity (Wildman–Crippen MR) is 38.8 cm³/mol. The minimum absolute atomic E-state index is 0.0548. The van der Waals surface area contributed by atoms with Crippen LogP contribution in [0, 0.1) is 0 Å². The van der Waals surface area contributed by atoms with E-state index in [0.717, 1.165) is 5.71 Å². The average Bonchev–Trinajstić information content (AvgIpc) is 2.49. The van der Waals surface area contributed by atoms with Crippen molar-refractivity contribution >= 4 is 11.7 Å². The first-order valence-corrected chi connectivity index (χ1v) is 3.50. The van der Waals surface area contributed by atoms with E-state index in [1.807, 2.05) is 0 Å². The maximum Gasteiger partial charge on any atom is 0.370 e. The van der Waals surface area contributed by atoms with E-state index in [9.17, 15) is 4.79 Å². The fraction of sp³-hybridized carbons (Fsp3) is 0.429. The number of rotatable bonds is 1. The third kappa shape index (κ3) is 1.08. The second-order valence-corrected chi connectivity index (χ2v) is 2.49. The van der Waals surface area contributed by atoms with Crippen LogP contribution in [0.5, 0.6) is 0 Å². The topological polar surface area (TPSA) is 68.1 Å². The van der Waals surface area contributed by atoms with Crippen LogP contribution < -0.4 is 0 Å². The number of fused-ring (bicyclic) bond motifs is 1. The lowest BCUT2D eigenvalue weighted by Gasteiger charge is -2.16. The summed E-state index contributed by atoms with van der Waals surface area (Å²) in [5.74, 6) is -1.12. The van der Waals surface area contributed by atoms with Gasteiger partial charge in [0, 0.05) is 0 Å². The molecule has 2 rings (SSSR count). The summed E-state index contributed by atoms with van der Waals surface area (Å²) in [6.07, 6.45) is 1.14. The Morgan fingerprint density at radius 2 is 2.58 bits per heavy atom. The van der Waals surface area contributed by atoms with E-state index in [1.165, 1.54) is 6.08 Å². The molecule has 0 radical (unpaired) electrons. The van der Waals surface area contributed by atoms with Gasteiger partial charge >= 0.3 is 5.97 Å². The zero-order valence-electron chi connectivity index (χ0n) is 6.19.